The van der Waals surface area contributed by atoms with Crippen LogP contribution in [0.4, 0.5) is 5.69 Å². The van der Waals surface area contributed by atoms with Crippen LogP contribution in [-0.2, 0) is 6.42 Å². The summed E-state index contributed by atoms with van der Waals surface area (Å²) >= 11 is 0. The molecule has 1 aliphatic rings. The number of nitrogens with zero attached hydrogens (tertiary/aromatic N) is 1. The van der Waals surface area contributed by atoms with Crippen molar-refractivity contribution in [3.8, 4) is 0 Å². The summed E-state index contributed by atoms with van der Waals surface area (Å²) in [5, 5.41) is 1.83. The van der Waals surface area contributed by atoms with Crippen LogP contribution in [0.15, 0.2) is 24.3 Å². The molecule has 2 nitrogen and oxygen atoms in total. The van der Waals surface area contributed by atoms with Crippen molar-refractivity contribution < 1.29 is 0 Å². The molecule has 66 valence electrons. The van der Waals surface area contributed by atoms with E-state index in [0.717, 1.165) is 6.54 Å². The Balaban J connectivity index is 0.000000720. The maximum atomic E-state index is 5.78. The molecule has 0 aliphatic carbocycles. The van der Waals surface area contributed by atoms with E-state index in [-0.39, 0.29) is 12.4 Å². The molecule has 0 unspecified atom stereocenters. The zero-order valence-corrected chi connectivity index (χ0v) is 7.68. The Hall–Kier alpha value is -0.730. The zero-order chi connectivity index (χ0) is 7.68. The van der Waals surface area contributed by atoms with Gasteiger partial charge in [0.1, 0.15) is 0 Å². The molecular weight excluding hydrogens is 172 g/mol. The van der Waals surface area contributed by atoms with Crippen LogP contribution in [0.25, 0.3) is 0 Å². The van der Waals surface area contributed by atoms with Crippen LogP contribution in [0.3, 0.4) is 0 Å². The lowest BCUT2D eigenvalue weighted by molar-refractivity contribution is 0.714. The lowest BCUT2D eigenvalue weighted by atomic mass is 10.0. The lowest BCUT2D eigenvalue weighted by Crippen LogP contribution is -2.35. The number of para-hydroxylation sites is 1. The number of fused-ring (bicyclic) bond motifs is 1. The van der Waals surface area contributed by atoms with Crippen LogP contribution in [0.5, 0.6) is 0 Å². The van der Waals surface area contributed by atoms with Crippen LogP contribution in [-0.4, -0.2) is 6.54 Å². The van der Waals surface area contributed by atoms with E-state index in [1.807, 2.05) is 11.1 Å². The molecule has 0 saturated carbocycles. The van der Waals surface area contributed by atoms with E-state index in [0.29, 0.717) is 0 Å². The molecule has 0 fully saturated rings. The Morgan fingerprint density at radius 1 is 1.25 bits per heavy atom. The second kappa shape index (κ2) is 3.78. The van der Waals surface area contributed by atoms with E-state index in [2.05, 4.69) is 18.2 Å². The topological polar surface area (TPSA) is 29.3 Å². The normalized spacial score (nSPS) is 14.9. The average Bonchev–Trinajstić information content (AvgIpc) is 2.06. The highest BCUT2D eigenvalue weighted by atomic mass is 35.5. The Bertz CT molecular complexity index is 262. The fourth-order valence-electron chi connectivity index (χ4n) is 1.56. The van der Waals surface area contributed by atoms with Gasteiger partial charge in [-0.05, 0) is 24.5 Å². The Morgan fingerprint density at radius 2 is 2.00 bits per heavy atom. The number of nitrogens with two attached hydrogens (primary N) is 1. The van der Waals surface area contributed by atoms with Crippen molar-refractivity contribution in [3.05, 3.63) is 29.8 Å². The van der Waals surface area contributed by atoms with Gasteiger partial charge in [-0.25, -0.2) is 5.84 Å². The molecule has 3 heteroatoms. The summed E-state index contributed by atoms with van der Waals surface area (Å²) in [4.78, 5) is 0. The first-order valence-electron chi connectivity index (χ1n) is 3.98. The van der Waals surface area contributed by atoms with Crippen LogP contribution in [0.2, 0.25) is 0 Å². The number of hydrazine groups is 1. The largest absolute Gasteiger partial charge is 0.311 e. The maximum Gasteiger partial charge on any atom is 0.0549 e. The highest BCUT2D eigenvalue weighted by Crippen LogP contribution is 2.23. The van der Waals surface area contributed by atoms with Crippen LogP contribution >= 0.6 is 12.4 Å². The van der Waals surface area contributed by atoms with Gasteiger partial charge in [-0.15, -0.1) is 12.4 Å². The predicted octanol–water partition coefficient (Wildman–Crippen LogP) is 1.73. The zero-order valence-electron chi connectivity index (χ0n) is 6.86. The molecule has 12 heavy (non-hydrogen) atoms. The molecule has 0 saturated heterocycles. The van der Waals surface area contributed by atoms with E-state index >= 15 is 0 Å². The third-order valence-electron chi connectivity index (χ3n) is 2.15. The highest BCUT2D eigenvalue weighted by Gasteiger charge is 2.11. The first-order chi connectivity index (χ1) is 5.38. The second-order valence-corrected chi connectivity index (χ2v) is 2.93. The van der Waals surface area contributed by atoms with E-state index in [9.17, 15) is 0 Å². The van der Waals surface area contributed by atoms with Gasteiger partial charge in [-0.2, -0.15) is 0 Å². The highest BCUT2D eigenvalue weighted by molar-refractivity contribution is 5.85. The minimum Gasteiger partial charge on any atom is -0.311 e. The van der Waals surface area contributed by atoms with Crippen LogP contribution in [0, 0.1) is 0 Å². The predicted molar refractivity (Wildman–Crippen MR) is 53.5 cm³/mol. The van der Waals surface area contributed by atoms with E-state index < -0.39 is 0 Å². The molecule has 0 amide bonds. The molecule has 2 rings (SSSR count). The minimum absolute atomic E-state index is 0. The van der Waals surface area contributed by atoms with Crippen molar-refractivity contribution in [1.82, 2.24) is 0 Å². The third-order valence-corrected chi connectivity index (χ3v) is 2.15. The molecule has 0 bridgehead atoms. The standard InChI is InChI=1S/C9H12N2.ClH/c10-11-7-3-5-8-4-1-2-6-9(8)11;/h1-2,4,6H,3,5,7,10H2;1H. The Labute approximate surface area is 78.7 Å². The molecule has 0 aromatic heterocycles. The number of halogens is 1. The van der Waals surface area contributed by atoms with Crippen molar-refractivity contribution in [2.24, 2.45) is 5.84 Å². The number of hydrogen-bond acceptors (Lipinski definition) is 2. The third kappa shape index (κ3) is 1.54. The second-order valence-electron chi connectivity index (χ2n) is 2.93. The van der Waals surface area contributed by atoms with Gasteiger partial charge in [-0.3, -0.25) is 0 Å². The van der Waals surface area contributed by atoms with E-state index in [4.69, 9.17) is 5.84 Å². The van der Waals surface area contributed by atoms with Gasteiger partial charge in [0.25, 0.3) is 0 Å². The van der Waals surface area contributed by atoms with Gasteiger partial charge >= 0.3 is 0 Å². The minimum atomic E-state index is 0. The molecule has 1 heterocycles. The van der Waals surface area contributed by atoms with Crippen molar-refractivity contribution in [3.63, 3.8) is 0 Å². The summed E-state index contributed by atoms with van der Waals surface area (Å²) in [6, 6.07) is 8.32. The van der Waals surface area contributed by atoms with Gasteiger partial charge in [0.05, 0.1) is 5.69 Å². The van der Waals surface area contributed by atoms with Crippen molar-refractivity contribution >= 4 is 18.1 Å². The van der Waals surface area contributed by atoms with Crippen LogP contribution < -0.4 is 10.9 Å². The number of benzene rings is 1. The first kappa shape index (κ1) is 9.36. The van der Waals surface area contributed by atoms with Gasteiger partial charge < -0.3 is 5.01 Å². The molecule has 0 spiro atoms. The summed E-state index contributed by atoms with van der Waals surface area (Å²) < 4.78 is 0. The van der Waals surface area contributed by atoms with Crippen molar-refractivity contribution in [1.29, 1.82) is 0 Å². The monoisotopic (exact) mass is 184 g/mol. The van der Waals surface area contributed by atoms with Gasteiger partial charge in [0.2, 0.25) is 0 Å². The molecule has 0 atom stereocenters. The number of anilines is 1. The summed E-state index contributed by atoms with van der Waals surface area (Å²) in [5.74, 6) is 5.78. The molecule has 0 radical (unpaired) electrons. The molecule has 1 aliphatic heterocycles. The molecule has 2 N–H and O–H groups in total. The lowest BCUT2D eigenvalue weighted by Gasteiger charge is -2.26. The quantitative estimate of drug-likeness (QED) is 0.623. The maximum absolute atomic E-state index is 5.78. The van der Waals surface area contributed by atoms with E-state index in [1.54, 1.807) is 0 Å². The number of aryl methyl sites for hydroxylation is 1. The van der Waals surface area contributed by atoms with Gasteiger partial charge in [0, 0.05) is 6.54 Å². The number of rotatable bonds is 0. The summed E-state index contributed by atoms with van der Waals surface area (Å²) in [5.41, 5.74) is 2.57. The van der Waals surface area contributed by atoms with Gasteiger partial charge in [-0.1, -0.05) is 18.2 Å². The summed E-state index contributed by atoms with van der Waals surface area (Å²) in [6.45, 7) is 0.983. The summed E-state index contributed by atoms with van der Waals surface area (Å²) in [7, 11) is 0. The van der Waals surface area contributed by atoms with Crippen molar-refractivity contribution in [2.75, 3.05) is 11.6 Å². The fraction of sp³-hybridized carbons (Fsp3) is 0.333. The Morgan fingerprint density at radius 3 is 2.75 bits per heavy atom. The van der Waals surface area contributed by atoms with E-state index in [1.165, 1.54) is 24.1 Å². The Kier molecular flexibility index (Phi) is 2.95. The van der Waals surface area contributed by atoms with Crippen molar-refractivity contribution in [2.45, 2.75) is 12.8 Å². The summed E-state index contributed by atoms with van der Waals surface area (Å²) in [6.07, 6.45) is 2.34. The average molecular weight is 185 g/mol. The SMILES string of the molecule is Cl.NN1CCCc2ccccc21. The smallest absolute Gasteiger partial charge is 0.0549 e. The first-order valence-corrected chi connectivity index (χ1v) is 3.98. The molecule has 1 aromatic rings. The van der Waals surface area contributed by atoms with Gasteiger partial charge in [0.15, 0.2) is 0 Å². The molecular formula is C9H13ClN2. The van der Waals surface area contributed by atoms with Crippen LogP contribution in [0.1, 0.15) is 12.0 Å². The number of hydrogen-bond donors (Lipinski definition) is 1. The fourth-order valence-corrected chi connectivity index (χ4v) is 1.56. The molecule has 1 aromatic carbocycles.